The molecule has 0 saturated heterocycles. The number of nitrogens with zero attached hydrogens (tertiary/aromatic N) is 1. The van der Waals surface area contributed by atoms with Crippen molar-refractivity contribution in [3.63, 3.8) is 0 Å². The summed E-state index contributed by atoms with van der Waals surface area (Å²) in [6.07, 6.45) is 3.47. The van der Waals surface area contributed by atoms with Gasteiger partial charge in [0, 0.05) is 17.3 Å². The van der Waals surface area contributed by atoms with Gasteiger partial charge in [-0.1, -0.05) is 6.07 Å². The summed E-state index contributed by atoms with van der Waals surface area (Å²) < 4.78 is 5.45. The lowest BCUT2D eigenvalue weighted by molar-refractivity contribution is 0.506. The van der Waals surface area contributed by atoms with Gasteiger partial charge in [-0.3, -0.25) is 0 Å². The number of hydrogen-bond acceptors (Lipinski definition) is 4. The molecule has 0 fully saturated rings. The first-order valence-corrected chi connectivity index (χ1v) is 6.29. The minimum Gasteiger partial charge on any atom is -0.448 e. The Morgan fingerprint density at radius 1 is 1.56 bits per heavy atom. The van der Waals surface area contributed by atoms with Crippen LogP contribution in [0.5, 0.6) is 0 Å². The van der Waals surface area contributed by atoms with E-state index in [4.69, 9.17) is 4.42 Å². The molecule has 0 amide bonds. The van der Waals surface area contributed by atoms with Gasteiger partial charge in [-0.05, 0) is 25.4 Å². The van der Waals surface area contributed by atoms with E-state index in [0.717, 1.165) is 24.4 Å². The topological polar surface area (TPSA) is 38.1 Å². The van der Waals surface area contributed by atoms with E-state index >= 15 is 0 Å². The van der Waals surface area contributed by atoms with Gasteiger partial charge in [0.2, 0.25) is 0 Å². The van der Waals surface area contributed by atoms with Crippen LogP contribution >= 0.6 is 11.3 Å². The summed E-state index contributed by atoms with van der Waals surface area (Å²) >= 11 is 1.73. The number of hydrogen-bond donors (Lipinski definition) is 1. The molecule has 0 aliphatic heterocycles. The van der Waals surface area contributed by atoms with E-state index in [2.05, 4.69) is 28.7 Å². The van der Waals surface area contributed by atoms with E-state index in [0.29, 0.717) is 6.04 Å². The molecule has 4 heteroatoms. The monoisotopic (exact) mass is 236 g/mol. The second-order valence-corrected chi connectivity index (χ2v) is 4.91. The maximum absolute atomic E-state index is 5.45. The molecule has 1 unspecified atom stereocenters. The average Bonchev–Trinajstić information content (AvgIpc) is 2.91. The minimum absolute atomic E-state index is 0.430. The lowest BCUT2D eigenvalue weighted by atomic mass is 10.2. The van der Waals surface area contributed by atoms with Crippen LogP contribution < -0.4 is 5.32 Å². The summed E-state index contributed by atoms with van der Waals surface area (Å²) in [6.45, 7) is 2.13. The average molecular weight is 236 g/mol. The third kappa shape index (κ3) is 2.93. The van der Waals surface area contributed by atoms with Crippen LogP contribution in [0.4, 0.5) is 0 Å². The van der Waals surface area contributed by atoms with Crippen molar-refractivity contribution in [2.75, 3.05) is 7.05 Å². The highest BCUT2D eigenvalue weighted by molar-refractivity contribution is 7.09. The molecule has 0 bridgehead atoms. The Morgan fingerprint density at radius 2 is 2.44 bits per heavy atom. The van der Waals surface area contributed by atoms with Crippen molar-refractivity contribution in [2.45, 2.75) is 25.8 Å². The van der Waals surface area contributed by atoms with Gasteiger partial charge < -0.3 is 9.73 Å². The van der Waals surface area contributed by atoms with Crippen LogP contribution in [0.15, 0.2) is 28.2 Å². The molecule has 1 N–H and O–H groups in total. The zero-order valence-corrected chi connectivity index (χ0v) is 10.4. The van der Waals surface area contributed by atoms with Gasteiger partial charge in [-0.15, -0.1) is 11.3 Å². The maximum Gasteiger partial charge on any atom is 0.199 e. The van der Waals surface area contributed by atoms with Crippen LogP contribution in [0.25, 0.3) is 0 Å². The first kappa shape index (κ1) is 11.4. The number of thiophene rings is 1. The number of oxazole rings is 1. The molecule has 0 aromatic carbocycles. The smallest absolute Gasteiger partial charge is 0.199 e. The Hall–Kier alpha value is -1.13. The Balaban J connectivity index is 1.97. The van der Waals surface area contributed by atoms with Gasteiger partial charge in [0.25, 0.3) is 0 Å². The SMILES string of the molecule is CNC(C)Cc1coc(Cc2cccs2)n1. The fraction of sp³-hybridized carbons (Fsp3) is 0.417. The van der Waals surface area contributed by atoms with Crippen molar-refractivity contribution in [2.24, 2.45) is 0 Å². The molecular weight excluding hydrogens is 220 g/mol. The van der Waals surface area contributed by atoms with Crippen molar-refractivity contribution >= 4 is 11.3 Å². The van der Waals surface area contributed by atoms with Gasteiger partial charge in [-0.2, -0.15) is 0 Å². The third-order valence-electron chi connectivity index (χ3n) is 2.51. The molecule has 86 valence electrons. The highest BCUT2D eigenvalue weighted by Crippen LogP contribution is 2.14. The fourth-order valence-electron chi connectivity index (χ4n) is 1.50. The molecule has 0 aliphatic carbocycles. The summed E-state index contributed by atoms with van der Waals surface area (Å²) in [7, 11) is 1.96. The van der Waals surface area contributed by atoms with Crippen molar-refractivity contribution in [3.8, 4) is 0 Å². The molecule has 0 spiro atoms. The molecule has 0 aliphatic rings. The lowest BCUT2D eigenvalue weighted by Crippen LogP contribution is -2.23. The van der Waals surface area contributed by atoms with Crippen LogP contribution in [-0.2, 0) is 12.8 Å². The molecule has 0 radical (unpaired) electrons. The summed E-state index contributed by atoms with van der Waals surface area (Å²) in [4.78, 5) is 5.76. The van der Waals surface area contributed by atoms with Crippen LogP contribution in [0, 0.1) is 0 Å². The Labute approximate surface area is 99.5 Å². The van der Waals surface area contributed by atoms with Crippen molar-refractivity contribution in [1.29, 1.82) is 0 Å². The van der Waals surface area contributed by atoms with E-state index in [1.54, 1.807) is 17.6 Å². The van der Waals surface area contributed by atoms with Crippen LogP contribution in [0.1, 0.15) is 23.4 Å². The normalized spacial score (nSPS) is 12.9. The lowest BCUT2D eigenvalue weighted by Gasteiger charge is -2.05. The molecule has 16 heavy (non-hydrogen) atoms. The maximum atomic E-state index is 5.45. The molecule has 1 atom stereocenters. The highest BCUT2D eigenvalue weighted by Gasteiger charge is 2.08. The Kier molecular flexibility index (Phi) is 3.74. The van der Waals surface area contributed by atoms with Crippen molar-refractivity contribution < 1.29 is 4.42 Å². The largest absolute Gasteiger partial charge is 0.448 e. The Bertz CT molecular complexity index is 422. The molecule has 2 aromatic heterocycles. The summed E-state index contributed by atoms with van der Waals surface area (Å²) in [6, 6.07) is 4.58. The zero-order valence-electron chi connectivity index (χ0n) is 9.56. The molecule has 0 saturated carbocycles. The van der Waals surface area contributed by atoms with E-state index < -0.39 is 0 Å². The number of likely N-dealkylation sites (N-methyl/N-ethyl adjacent to an activating group) is 1. The number of rotatable bonds is 5. The van der Waals surface area contributed by atoms with Crippen molar-refractivity contribution in [3.05, 3.63) is 40.2 Å². The van der Waals surface area contributed by atoms with Gasteiger partial charge in [0.15, 0.2) is 5.89 Å². The minimum atomic E-state index is 0.430. The Morgan fingerprint density at radius 3 is 3.12 bits per heavy atom. The molecule has 2 rings (SSSR count). The van der Waals surface area contributed by atoms with E-state index in [1.165, 1.54) is 4.88 Å². The van der Waals surface area contributed by atoms with E-state index in [1.807, 2.05) is 13.1 Å². The molecule has 2 heterocycles. The molecular formula is C12H16N2OS. The second-order valence-electron chi connectivity index (χ2n) is 3.88. The van der Waals surface area contributed by atoms with Gasteiger partial charge >= 0.3 is 0 Å². The molecule has 2 aromatic rings. The van der Waals surface area contributed by atoms with E-state index in [9.17, 15) is 0 Å². The fourth-order valence-corrected chi connectivity index (χ4v) is 2.20. The third-order valence-corrected chi connectivity index (χ3v) is 3.39. The van der Waals surface area contributed by atoms with Gasteiger partial charge in [0.1, 0.15) is 6.26 Å². The second kappa shape index (κ2) is 5.27. The summed E-state index contributed by atoms with van der Waals surface area (Å²) in [5, 5.41) is 5.26. The van der Waals surface area contributed by atoms with Gasteiger partial charge in [-0.25, -0.2) is 4.98 Å². The molecule has 3 nitrogen and oxygen atoms in total. The van der Waals surface area contributed by atoms with Crippen LogP contribution in [0.3, 0.4) is 0 Å². The highest BCUT2D eigenvalue weighted by atomic mass is 32.1. The first-order valence-electron chi connectivity index (χ1n) is 5.41. The quantitative estimate of drug-likeness (QED) is 0.866. The van der Waals surface area contributed by atoms with Crippen LogP contribution in [0.2, 0.25) is 0 Å². The van der Waals surface area contributed by atoms with E-state index in [-0.39, 0.29) is 0 Å². The summed E-state index contributed by atoms with van der Waals surface area (Å²) in [5.41, 5.74) is 1.02. The number of aromatic nitrogens is 1. The number of nitrogens with one attached hydrogen (secondary N) is 1. The van der Waals surface area contributed by atoms with Crippen molar-refractivity contribution in [1.82, 2.24) is 10.3 Å². The standard InChI is InChI=1S/C12H16N2OS/c1-9(13-2)6-10-8-15-12(14-10)7-11-4-3-5-16-11/h3-5,8-9,13H,6-7H2,1-2H3. The van der Waals surface area contributed by atoms with Gasteiger partial charge in [0.05, 0.1) is 12.1 Å². The zero-order chi connectivity index (χ0) is 11.4. The predicted molar refractivity (Wildman–Crippen MR) is 65.9 cm³/mol. The first-order chi connectivity index (χ1) is 7.78. The predicted octanol–water partition coefficient (Wildman–Crippen LogP) is 2.48. The summed E-state index contributed by atoms with van der Waals surface area (Å²) in [5.74, 6) is 0.806. The van der Waals surface area contributed by atoms with Crippen LogP contribution in [-0.4, -0.2) is 18.1 Å².